The number of hydrogen-bond donors (Lipinski definition) is 2. The van der Waals surface area contributed by atoms with Crippen LogP contribution in [0, 0.1) is 0 Å². The maximum Gasteiger partial charge on any atom is 0.255 e. The quantitative estimate of drug-likeness (QED) is 0.559. The lowest BCUT2D eigenvalue weighted by Crippen LogP contribution is -2.45. The highest BCUT2D eigenvalue weighted by Gasteiger charge is 2.39. The molecule has 1 aliphatic rings. The molecule has 148 valence electrons. The van der Waals surface area contributed by atoms with Gasteiger partial charge in [0.2, 0.25) is 5.95 Å². The lowest BCUT2D eigenvalue weighted by molar-refractivity contribution is 0.425. The molecule has 0 aliphatic carbocycles. The minimum atomic E-state index is -0.152. The molecule has 0 atom stereocenters. The lowest BCUT2D eigenvalue weighted by Gasteiger charge is -2.35. The van der Waals surface area contributed by atoms with Gasteiger partial charge in [0.25, 0.3) is 5.56 Å². The van der Waals surface area contributed by atoms with Gasteiger partial charge < -0.3 is 9.88 Å². The molecule has 4 heterocycles. The molecule has 0 fully saturated rings. The van der Waals surface area contributed by atoms with Crippen LogP contribution in [0.4, 0.5) is 5.95 Å². The number of hydrogen-bond acceptors (Lipinski definition) is 4. The summed E-state index contributed by atoms with van der Waals surface area (Å²) in [7, 11) is 0. The number of nitrogens with one attached hydrogen (secondary N) is 2. The van der Waals surface area contributed by atoms with Gasteiger partial charge in [-0.1, -0.05) is 6.07 Å². The van der Waals surface area contributed by atoms with Crippen LogP contribution < -0.4 is 10.5 Å². The fourth-order valence-corrected chi connectivity index (χ4v) is 4.55. The number of fused-ring (bicyclic) bond motifs is 2. The third-order valence-electron chi connectivity index (χ3n) is 5.71. The van der Waals surface area contributed by atoms with Crippen LogP contribution >= 0.6 is 0 Å². The zero-order valence-electron chi connectivity index (χ0n) is 17.0. The average molecular weight is 388 g/mol. The maximum atomic E-state index is 12.9. The Morgan fingerprint density at radius 3 is 2.69 bits per heavy atom. The summed E-state index contributed by atoms with van der Waals surface area (Å²) in [5, 5.41) is 7.93. The molecular formula is C22H24N6O. The van der Waals surface area contributed by atoms with Gasteiger partial charge in [-0.15, -0.1) is 0 Å². The smallest absolute Gasteiger partial charge is 0.255 e. The Labute approximate surface area is 168 Å². The number of aromatic nitrogens is 5. The van der Waals surface area contributed by atoms with E-state index in [9.17, 15) is 4.79 Å². The summed E-state index contributed by atoms with van der Waals surface area (Å²) in [5.74, 6) is 0.743. The van der Waals surface area contributed by atoms with Crippen LogP contribution in [0.3, 0.4) is 0 Å². The first-order valence-corrected chi connectivity index (χ1v) is 9.87. The first-order valence-electron chi connectivity index (χ1n) is 9.87. The summed E-state index contributed by atoms with van der Waals surface area (Å²) in [4.78, 5) is 23.4. The summed E-state index contributed by atoms with van der Waals surface area (Å²) >= 11 is 0. The number of rotatable bonds is 3. The Morgan fingerprint density at radius 2 is 1.97 bits per heavy atom. The van der Waals surface area contributed by atoms with Crippen LogP contribution in [0.5, 0.6) is 0 Å². The van der Waals surface area contributed by atoms with Gasteiger partial charge in [0.15, 0.2) is 0 Å². The molecule has 5 rings (SSSR count). The van der Waals surface area contributed by atoms with Crippen LogP contribution in [0.1, 0.15) is 27.7 Å². The monoisotopic (exact) mass is 388 g/mol. The summed E-state index contributed by atoms with van der Waals surface area (Å²) in [5.41, 5.74) is 4.56. The van der Waals surface area contributed by atoms with E-state index in [1.54, 1.807) is 16.8 Å². The maximum absolute atomic E-state index is 12.9. The molecule has 2 N–H and O–H groups in total. The summed E-state index contributed by atoms with van der Waals surface area (Å²) in [6.07, 6.45) is 5.61. The molecule has 7 heteroatoms. The van der Waals surface area contributed by atoms with E-state index in [-0.39, 0.29) is 17.1 Å². The van der Waals surface area contributed by atoms with Gasteiger partial charge in [-0.2, -0.15) is 5.10 Å². The van der Waals surface area contributed by atoms with Crippen molar-refractivity contribution in [3.05, 3.63) is 53.2 Å². The minimum absolute atomic E-state index is 0.0124. The van der Waals surface area contributed by atoms with E-state index in [2.05, 4.69) is 59.9 Å². The zero-order valence-corrected chi connectivity index (χ0v) is 17.0. The highest BCUT2D eigenvalue weighted by molar-refractivity contribution is 5.97. The zero-order chi connectivity index (χ0) is 20.3. The van der Waals surface area contributed by atoms with E-state index in [0.717, 1.165) is 33.5 Å². The highest BCUT2D eigenvalue weighted by atomic mass is 16.1. The Kier molecular flexibility index (Phi) is 3.71. The number of benzene rings is 1. The van der Waals surface area contributed by atoms with E-state index >= 15 is 0 Å². The molecule has 0 saturated heterocycles. The van der Waals surface area contributed by atoms with Crippen LogP contribution in [-0.4, -0.2) is 36.3 Å². The fourth-order valence-electron chi connectivity index (χ4n) is 4.55. The Hall–Kier alpha value is -3.35. The number of H-pyrrole nitrogens is 2. The average Bonchev–Trinajstić information content (AvgIpc) is 3.37. The third kappa shape index (κ3) is 2.68. The molecule has 4 aromatic rings. The normalized spacial score (nSPS) is 15.4. The Morgan fingerprint density at radius 1 is 1.14 bits per heavy atom. The standard InChI is InChI=1S/C22H24N6O/c1-13(2)28-21-26-19(8-20(29)27(21)12-22(28,3)4)17-11-23-18-6-5-14(7-16(17)18)15-9-24-25-10-15/h5-11,13,23H,12H2,1-4H3,(H,24,25). The van der Waals surface area contributed by atoms with Gasteiger partial charge in [-0.25, -0.2) is 4.98 Å². The summed E-state index contributed by atoms with van der Waals surface area (Å²) < 4.78 is 1.79. The molecule has 0 unspecified atom stereocenters. The Bertz CT molecular complexity index is 1260. The van der Waals surface area contributed by atoms with Crippen molar-refractivity contribution in [1.29, 1.82) is 0 Å². The minimum Gasteiger partial charge on any atom is -0.360 e. The second kappa shape index (κ2) is 6.07. The van der Waals surface area contributed by atoms with Gasteiger partial charge in [0, 0.05) is 46.5 Å². The second-order valence-corrected chi connectivity index (χ2v) is 8.59. The van der Waals surface area contributed by atoms with Crippen LogP contribution in [0.25, 0.3) is 33.3 Å². The molecule has 7 nitrogen and oxygen atoms in total. The van der Waals surface area contributed by atoms with E-state index in [0.29, 0.717) is 12.2 Å². The summed E-state index contributed by atoms with van der Waals surface area (Å²) in [6.45, 7) is 9.23. The molecule has 0 bridgehead atoms. The first kappa shape index (κ1) is 17.7. The van der Waals surface area contributed by atoms with Crippen molar-refractivity contribution in [3.8, 4) is 22.4 Å². The van der Waals surface area contributed by atoms with Gasteiger partial charge in [-0.3, -0.25) is 14.5 Å². The van der Waals surface area contributed by atoms with Crippen LogP contribution in [0.15, 0.2) is 47.7 Å². The van der Waals surface area contributed by atoms with Gasteiger partial charge in [-0.05, 0) is 45.4 Å². The Balaban J connectivity index is 1.69. The van der Waals surface area contributed by atoms with Crippen molar-refractivity contribution in [3.63, 3.8) is 0 Å². The molecule has 29 heavy (non-hydrogen) atoms. The largest absolute Gasteiger partial charge is 0.360 e. The second-order valence-electron chi connectivity index (χ2n) is 8.59. The number of nitrogens with zero attached hydrogens (tertiary/aromatic N) is 4. The molecule has 1 aliphatic heterocycles. The molecular weight excluding hydrogens is 364 g/mol. The molecule has 1 aromatic carbocycles. The van der Waals surface area contributed by atoms with E-state index in [4.69, 9.17) is 4.98 Å². The van der Waals surface area contributed by atoms with Crippen LogP contribution in [0.2, 0.25) is 0 Å². The fraction of sp³-hybridized carbons (Fsp3) is 0.318. The van der Waals surface area contributed by atoms with Crippen molar-refractivity contribution in [2.24, 2.45) is 0 Å². The molecule has 0 saturated carbocycles. The number of anilines is 1. The molecule has 0 radical (unpaired) electrons. The van der Waals surface area contributed by atoms with Crippen molar-refractivity contribution in [1.82, 2.24) is 24.7 Å². The van der Waals surface area contributed by atoms with Crippen molar-refractivity contribution >= 4 is 16.9 Å². The molecule has 0 amide bonds. The third-order valence-corrected chi connectivity index (χ3v) is 5.71. The lowest BCUT2D eigenvalue weighted by atomic mass is 10.0. The predicted molar refractivity (Wildman–Crippen MR) is 115 cm³/mol. The first-order chi connectivity index (χ1) is 13.8. The van der Waals surface area contributed by atoms with E-state index < -0.39 is 0 Å². The predicted octanol–water partition coefficient (Wildman–Crippen LogP) is 3.79. The van der Waals surface area contributed by atoms with E-state index in [1.165, 1.54) is 0 Å². The van der Waals surface area contributed by atoms with Crippen LogP contribution in [-0.2, 0) is 6.54 Å². The molecule has 0 spiro atoms. The van der Waals surface area contributed by atoms with Crippen molar-refractivity contribution < 1.29 is 0 Å². The van der Waals surface area contributed by atoms with Gasteiger partial charge in [0.05, 0.1) is 24.0 Å². The molecule has 3 aromatic heterocycles. The van der Waals surface area contributed by atoms with Gasteiger partial charge in [0.1, 0.15) is 0 Å². The van der Waals surface area contributed by atoms with E-state index in [1.807, 2.05) is 18.5 Å². The SMILES string of the molecule is CC(C)N1c2nc(-c3c[nH]c4ccc(-c5cn[nH]c5)cc34)cc(=O)n2CC1(C)C. The summed E-state index contributed by atoms with van der Waals surface area (Å²) in [6, 6.07) is 8.11. The topological polar surface area (TPSA) is 82.6 Å². The van der Waals surface area contributed by atoms with Gasteiger partial charge >= 0.3 is 0 Å². The number of aromatic amines is 2. The van der Waals surface area contributed by atoms with Crippen molar-refractivity contribution in [2.75, 3.05) is 4.90 Å². The highest BCUT2D eigenvalue weighted by Crippen LogP contribution is 2.36. The van der Waals surface area contributed by atoms with Crippen molar-refractivity contribution in [2.45, 2.75) is 45.8 Å².